The minimum Gasteiger partial charge on any atom is -0.390 e. The Labute approximate surface area is 129 Å². The Morgan fingerprint density at radius 2 is 2.05 bits per heavy atom. The van der Waals surface area contributed by atoms with Crippen molar-refractivity contribution in [3.8, 4) is 0 Å². The van der Waals surface area contributed by atoms with Gasteiger partial charge in [-0.15, -0.1) is 0 Å². The molecular weight excluding hydrogens is 260 g/mol. The molecule has 118 valence electrons. The summed E-state index contributed by atoms with van der Waals surface area (Å²) in [5.74, 6) is 0. The Balaban J connectivity index is 2.06. The number of nitrogens with zero attached hydrogens (tertiary/aromatic N) is 1. The Morgan fingerprint density at radius 3 is 2.71 bits per heavy atom. The number of benzene rings is 1. The van der Waals surface area contributed by atoms with Gasteiger partial charge in [-0.1, -0.05) is 26.0 Å². The number of aliphatic hydroxyl groups is 1. The van der Waals surface area contributed by atoms with Crippen LogP contribution in [0.3, 0.4) is 0 Å². The molecule has 3 nitrogen and oxygen atoms in total. The predicted molar refractivity (Wildman–Crippen MR) is 89.8 cm³/mol. The van der Waals surface area contributed by atoms with Crippen LogP contribution in [0, 0.1) is 6.92 Å². The SMILES string of the molecule is Cc1cc(CNC(C)C)ccc1N1CCCC(C)(O)CC1. The lowest BCUT2D eigenvalue weighted by Gasteiger charge is -2.26. The summed E-state index contributed by atoms with van der Waals surface area (Å²) in [5.41, 5.74) is 3.50. The number of rotatable bonds is 4. The van der Waals surface area contributed by atoms with Gasteiger partial charge in [0.05, 0.1) is 5.60 Å². The smallest absolute Gasteiger partial charge is 0.0637 e. The topological polar surface area (TPSA) is 35.5 Å². The zero-order valence-corrected chi connectivity index (χ0v) is 13.9. The summed E-state index contributed by atoms with van der Waals surface area (Å²) in [6.45, 7) is 11.4. The summed E-state index contributed by atoms with van der Waals surface area (Å²) in [7, 11) is 0. The molecule has 1 aromatic rings. The molecule has 1 fully saturated rings. The van der Waals surface area contributed by atoms with Crippen molar-refractivity contribution in [2.45, 2.75) is 65.1 Å². The molecule has 1 heterocycles. The van der Waals surface area contributed by atoms with E-state index in [-0.39, 0.29) is 0 Å². The van der Waals surface area contributed by atoms with Crippen molar-refractivity contribution in [1.82, 2.24) is 5.32 Å². The number of nitrogens with one attached hydrogen (secondary N) is 1. The molecule has 1 saturated heterocycles. The number of hydrogen-bond acceptors (Lipinski definition) is 3. The van der Waals surface area contributed by atoms with Gasteiger partial charge in [-0.3, -0.25) is 0 Å². The number of hydrogen-bond donors (Lipinski definition) is 2. The molecule has 1 aliphatic rings. The first-order valence-corrected chi connectivity index (χ1v) is 8.18. The molecule has 3 heteroatoms. The maximum absolute atomic E-state index is 10.2. The highest BCUT2D eigenvalue weighted by Gasteiger charge is 2.25. The van der Waals surface area contributed by atoms with E-state index in [1.165, 1.54) is 16.8 Å². The van der Waals surface area contributed by atoms with E-state index in [0.29, 0.717) is 6.04 Å². The molecule has 0 radical (unpaired) electrons. The van der Waals surface area contributed by atoms with Crippen LogP contribution in [0.25, 0.3) is 0 Å². The molecular formula is C18H30N2O. The molecule has 0 aromatic heterocycles. The second-order valence-electron chi connectivity index (χ2n) is 6.99. The first-order chi connectivity index (χ1) is 9.87. The fourth-order valence-corrected chi connectivity index (χ4v) is 3.01. The van der Waals surface area contributed by atoms with Gasteiger partial charge < -0.3 is 15.3 Å². The molecule has 0 spiro atoms. The molecule has 1 unspecified atom stereocenters. The Kier molecular flexibility index (Phi) is 5.28. The molecule has 1 atom stereocenters. The standard InChI is InChI=1S/C18H30N2O/c1-14(2)19-13-16-6-7-17(15(3)12-16)20-10-5-8-18(4,21)9-11-20/h6-7,12,14,19,21H,5,8-11,13H2,1-4H3. The molecule has 21 heavy (non-hydrogen) atoms. The van der Waals surface area contributed by atoms with Gasteiger partial charge in [0.25, 0.3) is 0 Å². The second-order valence-corrected chi connectivity index (χ2v) is 6.99. The maximum atomic E-state index is 10.2. The second kappa shape index (κ2) is 6.80. The molecule has 2 rings (SSSR count). The molecule has 0 aliphatic carbocycles. The van der Waals surface area contributed by atoms with Crippen molar-refractivity contribution in [2.75, 3.05) is 18.0 Å². The minimum absolute atomic E-state index is 0.496. The molecule has 1 aliphatic heterocycles. The summed E-state index contributed by atoms with van der Waals surface area (Å²) in [5, 5.41) is 13.7. The molecule has 0 amide bonds. The van der Waals surface area contributed by atoms with Gasteiger partial charge in [0, 0.05) is 31.4 Å². The van der Waals surface area contributed by atoms with Crippen LogP contribution < -0.4 is 10.2 Å². The molecule has 1 aromatic carbocycles. The molecule has 2 N–H and O–H groups in total. The fourth-order valence-electron chi connectivity index (χ4n) is 3.01. The quantitative estimate of drug-likeness (QED) is 0.893. The van der Waals surface area contributed by atoms with E-state index in [0.717, 1.165) is 38.9 Å². The summed E-state index contributed by atoms with van der Waals surface area (Å²) in [6, 6.07) is 7.26. The highest BCUT2D eigenvalue weighted by atomic mass is 16.3. The third kappa shape index (κ3) is 4.72. The van der Waals surface area contributed by atoms with Crippen LogP contribution >= 0.6 is 0 Å². The Hall–Kier alpha value is -1.06. The predicted octanol–water partition coefficient (Wildman–Crippen LogP) is 3.23. The minimum atomic E-state index is -0.496. The monoisotopic (exact) mass is 290 g/mol. The lowest BCUT2D eigenvalue weighted by atomic mass is 9.98. The zero-order chi connectivity index (χ0) is 15.5. The Morgan fingerprint density at radius 1 is 1.29 bits per heavy atom. The number of aryl methyl sites for hydroxylation is 1. The molecule has 0 bridgehead atoms. The summed E-state index contributed by atoms with van der Waals surface area (Å²) in [6.07, 6.45) is 2.81. The maximum Gasteiger partial charge on any atom is 0.0637 e. The van der Waals surface area contributed by atoms with E-state index in [2.05, 4.69) is 49.2 Å². The van der Waals surface area contributed by atoms with Crippen molar-refractivity contribution < 1.29 is 5.11 Å². The van der Waals surface area contributed by atoms with Crippen molar-refractivity contribution in [2.24, 2.45) is 0 Å². The summed E-state index contributed by atoms with van der Waals surface area (Å²) in [4.78, 5) is 2.43. The first-order valence-electron chi connectivity index (χ1n) is 8.18. The average Bonchev–Trinajstić information content (AvgIpc) is 2.58. The van der Waals surface area contributed by atoms with Gasteiger partial charge in [-0.25, -0.2) is 0 Å². The highest BCUT2D eigenvalue weighted by Crippen LogP contribution is 2.27. The van der Waals surface area contributed by atoms with E-state index in [1.54, 1.807) is 0 Å². The van der Waals surface area contributed by atoms with E-state index in [4.69, 9.17) is 0 Å². The first kappa shape index (κ1) is 16.3. The van der Waals surface area contributed by atoms with Crippen molar-refractivity contribution in [3.05, 3.63) is 29.3 Å². The van der Waals surface area contributed by atoms with Crippen molar-refractivity contribution >= 4 is 5.69 Å². The lowest BCUT2D eigenvalue weighted by molar-refractivity contribution is 0.0481. The largest absolute Gasteiger partial charge is 0.390 e. The van der Waals surface area contributed by atoms with E-state index < -0.39 is 5.60 Å². The third-order valence-electron chi connectivity index (χ3n) is 4.38. The van der Waals surface area contributed by atoms with E-state index in [9.17, 15) is 5.11 Å². The van der Waals surface area contributed by atoms with Crippen molar-refractivity contribution in [3.63, 3.8) is 0 Å². The summed E-state index contributed by atoms with van der Waals surface area (Å²) >= 11 is 0. The van der Waals surface area contributed by atoms with Crippen LogP contribution in [-0.4, -0.2) is 29.8 Å². The third-order valence-corrected chi connectivity index (χ3v) is 4.38. The van der Waals surface area contributed by atoms with Gasteiger partial charge >= 0.3 is 0 Å². The van der Waals surface area contributed by atoms with E-state index >= 15 is 0 Å². The Bertz CT molecular complexity index is 468. The van der Waals surface area contributed by atoms with Crippen molar-refractivity contribution in [1.29, 1.82) is 0 Å². The van der Waals surface area contributed by atoms with Crippen LogP contribution in [0.15, 0.2) is 18.2 Å². The van der Waals surface area contributed by atoms with Crippen LogP contribution in [-0.2, 0) is 6.54 Å². The van der Waals surface area contributed by atoms with E-state index in [1.807, 2.05) is 6.92 Å². The van der Waals surface area contributed by atoms with Crippen LogP contribution in [0.2, 0.25) is 0 Å². The van der Waals surface area contributed by atoms with Crippen LogP contribution in [0.1, 0.15) is 51.2 Å². The fraction of sp³-hybridized carbons (Fsp3) is 0.667. The zero-order valence-electron chi connectivity index (χ0n) is 13.9. The molecule has 0 saturated carbocycles. The lowest BCUT2D eigenvalue weighted by Crippen LogP contribution is -2.28. The van der Waals surface area contributed by atoms with Crippen LogP contribution in [0.5, 0.6) is 0 Å². The highest BCUT2D eigenvalue weighted by molar-refractivity contribution is 5.54. The van der Waals surface area contributed by atoms with Gasteiger partial charge in [0.2, 0.25) is 0 Å². The average molecular weight is 290 g/mol. The van der Waals surface area contributed by atoms with Crippen LogP contribution in [0.4, 0.5) is 5.69 Å². The summed E-state index contributed by atoms with van der Waals surface area (Å²) < 4.78 is 0. The number of anilines is 1. The van der Waals surface area contributed by atoms with Gasteiger partial charge in [0.15, 0.2) is 0 Å². The van der Waals surface area contributed by atoms with Gasteiger partial charge in [0.1, 0.15) is 0 Å². The normalized spacial score (nSPS) is 23.4. The van der Waals surface area contributed by atoms with Gasteiger partial charge in [-0.2, -0.15) is 0 Å². The van der Waals surface area contributed by atoms with Gasteiger partial charge in [-0.05, 0) is 50.3 Å².